The van der Waals surface area contributed by atoms with Gasteiger partial charge in [0.2, 0.25) is 0 Å². The Bertz CT molecular complexity index is 812. The number of nitrogens with one attached hydrogen (secondary N) is 2. The molecule has 0 bridgehead atoms. The van der Waals surface area contributed by atoms with Crippen LogP contribution in [0.15, 0.2) is 29.3 Å². The number of hydrogen-bond donors (Lipinski definition) is 2. The highest BCUT2D eigenvalue weighted by Gasteiger charge is 2.21. The van der Waals surface area contributed by atoms with E-state index in [9.17, 15) is 8.78 Å². The molecule has 10 heteroatoms. The van der Waals surface area contributed by atoms with Crippen LogP contribution in [0.25, 0.3) is 0 Å². The molecule has 2 aromatic rings. The first-order chi connectivity index (χ1) is 13.9. The molecule has 0 radical (unpaired) electrons. The van der Waals surface area contributed by atoms with Crippen molar-refractivity contribution in [3.8, 4) is 5.75 Å². The van der Waals surface area contributed by atoms with Crippen LogP contribution in [-0.4, -0.2) is 43.7 Å². The molecule has 2 heterocycles. The molecule has 0 saturated carbocycles. The third-order valence-electron chi connectivity index (χ3n) is 4.89. The third-order valence-corrected chi connectivity index (χ3v) is 5.97. The van der Waals surface area contributed by atoms with Gasteiger partial charge in [0, 0.05) is 36.7 Å². The van der Waals surface area contributed by atoms with Crippen LogP contribution in [0, 0.1) is 13.8 Å². The number of thiazole rings is 1. The second-order valence-electron chi connectivity index (χ2n) is 6.98. The van der Waals surface area contributed by atoms with Crippen LogP contribution in [0.5, 0.6) is 5.75 Å². The lowest BCUT2D eigenvalue weighted by molar-refractivity contribution is -0.0498. The van der Waals surface area contributed by atoms with E-state index in [1.54, 1.807) is 30.5 Å². The summed E-state index contributed by atoms with van der Waals surface area (Å²) in [4.78, 5) is 12.4. The van der Waals surface area contributed by atoms with Gasteiger partial charge in [-0.2, -0.15) is 8.78 Å². The van der Waals surface area contributed by atoms with Crippen LogP contribution in [0.4, 0.5) is 14.5 Å². The summed E-state index contributed by atoms with van der Waals surface area (Å²) in [6.07, 6.45) is 2.08. The molecule has 30 heavy (non-hydrogen) atoms. The number of ether oxygens (including phenoxy) is 1. The monoisotopic (exact) mass is 551 g/mol. The quantitative estimate of drug-likeness (QED) is 0.319. The van der Waals surface area contributed by atoms with Gasteiger partial charge in [-0.3, -0.25) is 4.99 Å². The van der Waals surface area contributed by atoms with E-state index in [1.165, 1.54) is 4.88 Å². The van der Waals surface area contributed by atoms with Crippen LogP contribution >= 0.6 is 35.3 Å². The fourth-order valence-corrected chi connectivity index (χ4v) is 4.20. The summed E-state index contributed by atoms with van der Waals surface area (Å²) in [7, 11) is 1.76. The zero-order chi connectivity index (χ0) is 20.8. The number of hydrogen-bond acceptors (Lipinski definition) is 5. The summed E-state index contributed by atoms with van der Waals surface area (Å²) in [6.45, 7) is 3.67. The van der Waals surface area contributed by atoms with E-state index in [0.29, 0.717) is 6.54 Å². The Morgan fingerprint density at radius 3 is 2.67 bits per heavy atom. The van der Waals surface area contributed by atoms with Gasteiger partial charge in [0.15, 0.2) is 5.96 Å². The number of guanidine groups is 1. The first-order valence-electron chi connectivity index (χ1n) is 9.64. The van der Waals surface area contributed by atoms with Crippen molar-refractivity contribution in [3.05, 3.63) is 39.8 Å². The molecule has 1 aromatic heterocycles. The van der Waals surface area contributed by atoms with Gasteiger partial charge in [0.05, 0.1) is 12.2 Å². The molecular formula is C20H28F2IN5OS. The molecule has 0 spiro atoms. The average molecular weight is 551 g/mol. The summed E-state index contributed by atoms with van der Waals surface area (Å²) in [5.41, 5.74) is 2.07. The number of halogens is 3. The molecule has 2 N–H and O–H groups in total. The van der Waals surface area contributed by atoms with E-state index in [2.05, 4.69) is 37.2 Å². The molecule has 1 atom stereocenters. The largest absolute Gasteiger partial charge is 0.435 e. The lowest BCUT2D eigenvalue weighted by Crippen LogP contribution is -2.51. The van der Waals surface area contributed by atoms with Crippen LogP contribution < -0.4 is 20.3 Å². The van der Waals surface area contributed by atoms with Crippen molar-refractivity contribution >= 4 is 47.0 Å². The molecule has 1 unspecified atom stereocenters. The lowest BCUT2D eigenvalue weighted by atomic mass is 10.0. The highest BCUT2D eigenvalue weighted by Crippen LogP contribution is 2.24. The predicted molar refractivity (Wildman–Crippen MR) is 129 cm³/mol. The van der Waals surface area contributed by atoms with Crippen molar-refractivity contribution < 1.29 is 13.5 Å². The maximum atomic E-state index is 12.3. The number of aromatic nitrogens is 1. The molecule has 3 rings (SSSR count). The molecule has 166 valence electrons. The summed E-state index contributed by atoms with van der Waals surface area (Å²) in [5, 5.41) is 7.86. The third kappa shape index (κ3) is 6.93. The Labute approximate surface area is 197 Å². The van der Waals surface area contributed by atoms with Crippen molar-refractivity contribution in [2.45, 2.75) is 45.9 Å². The average Bonchev–Trinajstić information content (AvgIpc) is 3.03. The fourth-order valence-electron chi connectivity index (χ4n) is 3.33. The van der Waals surface area contributed by atoms with Crippen LogP contribution in [0.1, 0.15) is 28.4 Å². The Balaban J connectivity index is 0.00000320. The van der Waals surface area contributed by atoms with Gasteiger partial charge < -0.3 is 20.3 Å². The van der Waals surface area contributed by atoms with Crippen LogP contribution in [0.3, 0.4) is 0 Å². The zero-order valence-corrected chi connectivity index (χ0v) is 20.5. The van der Waals surface area contributed by atoms with Gasteiger partial charge in [-0.15, -0.1) is 35.3 Å². The number of anilines is 1. The molecular weight excluding hydrogens is 523 g/mol. The Morgan fingerprint density at radius 2 is 2.07 bits per heavy atom. The number of nitrogens with zero attached hydrogens (tertiary/aromatic N) is 3. The molecule has 1 aliphatic heterocycles. The van der Waals surface area contributed by atoms with Gasteiger partial charge in [-0.1, -0.05) is 0 Å². The first kappa shape index (κ1) is 24.6. The van der Waals surface area contributed by atoms with Gasteiger partial charge in [-0.05, 0) is 51.0 Å². The van der Waals surface area contributed by atoms with Crippen molar-refractivity contribution in [1.82, 2.24) is 15.6 Å². The van der Waals surface area contributed by atoms with E-state index >= 15 is 0 Å². The van der Waals surface area contributed by atoms with Gasteiger partial charge >= 0.3 is 6.61 Å². The highest BCUT2D eigenvalue weighted by molar-refractivity contribution is 14.0. The zero-order valence-electron chi connectivity index (χ0n) is 17.3. The van der Waals surface area contributed by atoms with Crippen molar-refractivity contribution in [3.63, 3.8) is 0 Å². The molecule has 1 aliphatic rings. The van der Waals surface area contributed by atoms with Crippen LogP contribution in [0.2, 0.25) is 0 Å². The normalized spacial score (nSPS) is 16.9. The van der Waals surface area contributed by atoms with Crippen LogP contribution in [-0.2, 0) is 6.54 Å². The second-order valence-corrected chi connectivity index (χ2v) is 8.26. The predicted octanol–water partition coefficient (Wildman–Crippen LogP) is 4.31. The summed E-state index contributed by atoms with van der Waals surface area (Å²) in [6, 6.07) is 7.04. The molecule has 1 fully saturated rings. The smallest absolute Gasteiger partial charge is 0.387 e. The number of rotatable bonds is 6. The van der Waals surface area contributed by atoms with E-state index in [-0.39, 0.29) is 35.8 Å². The molecule has 0 amide bonds. The summed E-state index contributed by atoms with van der Waals surface area (Å²) in [5.74, 6) is 0.927. The topological polar surface area (TPSA) is 61.8 Å². The minimum Gasteiger partial charge on any atom is -0.435 e. The Kier molecular flexibility index (Phi) is 9.53. The minimum absolute atomic E-state index is 0. The van der Waals surface area contributed by atoms with Gasteiger partial charge in [0.25, 0.3) is 0 Å². The standard InChI is InChI=1S/C20H27F2N5OS.HI/c1-13-14(2)29-18(25-13)11-24-20(23-3)26-15-5-4-10-27(12-15)16-6-8-17(9-7-16)28-19(21)22;/h6-9,15,19H,4-5,10-12H2,1-3H3,(H2,23,24,26);1H. The summed E-state index contributed by atoms with van der Waals surface area (Å²) >= 11 is 1.69. The van der Waals surface area contributed by atoms with Crippen molar-refractivity contribution in [1.29, 1.82) is 0 Å². The van der Waals surface area contributed by atoms with E-state index in [0.717, 1.165) is 48.3 Å². The highest BCUT2D eigenvalue weighted by atomic mass is 127. The first-order valence-corrected chi connectivity index (χ1v) is 10.5. The number of benzene rings is 1. The van der Waals surface area contributed by atoms with E-state index in [1.807, 2.05) is 19.1 Å². The number of alkyl halides is 2. The maximum absolute atomic E-state index is 12.3. The van der Waals surface area contributed by atoms with Gasteiger partial charge in [0.1, 0.15) is 10.8 Å². The molecule has 1 saturated heterocycles. The van der Waals surface area contributed by atoms with E-state index < -0.39 is 6.61 Å². The SMILES string of the molecule is CN=C(NCc1nc(C)c(C)s1)NC1CCCN(c2ccc(OC(F)F)cc2)C1.I. The Hall–Kier alpha value is -1.69. The van der Waals surface area contributed by atoms with E-state index in [4.69, 9.17) is 0 Å². The Morgan fingerprint density at radius 1 is 1.33 bits per heavy atom. The molecule has 1 aromatic carbocycles. The summed E-state index contributed by atoms with van der Waals surface area (Å²) < 4.78 is 29.0. The maximum Gasteiger partial charge on any atom is 0.387 e. The van der Waals surface area contributed by atoms with Crippen molar-refractivity contribution in [2.24, 2.45) is 4.99 Å². The number of aliphatic imine (C=N–C) groups is 1. The number of piperidine rings is 1. The minimum atomic E-state index is -2.80. The number of aryl methyl sites for hydroxylation is 2. The van der Waals surface area contributed by atoms with Crippen molar-refractivity contribution in [2.75, 3.05) is 25.0 Å². The second kappa shape index (κ2) is 11.6. The van der Waals surface area contributed by atoms with Gasteiger partial charge in [-0.25, -0.2) is 4.98 Å². The lowest BCUT2D eigenvalue weighted by Gasteiger charge is -2.35. The molecule has 0 aliphatic carbocycles. The fraction of sp³-hybridized carbons (Fsp3) is 0.500. The molecule has 6 nitrogen and oxygen atoms in total.